The van der Waals surface area contributed by atoms with Crippen LogP contribution in [-0.4, -0.2) is 38.9 Å². The molecule has 4 rings (SSSR count). The third kappa shape index (κ3) is 3.37. The van der Waals surface area contributed by atoms with E-state index in [1.165, 1.54) is 25.5 Å². The fraction of sp³-hybridized carbons (Fsp3) is 0.105. The van der Waals surface area contributed by atoms with E-state index >= 15 is 0 Å². The quantitative estimate of drug-likeness (QED) is 0.632. The van der Waals surface area contributed by atoms with Gasteiger partial charge in [0.15, 0.2) is 0 Å². The zero-order valence-corrected chi connectivity index (χ0v) is 16.4. The summed E-state index contributed by atoms with van der Waals surface area (Å²) in [6.45, 7) is 1.46. The number of nitrogens with zero attached hydrogens (tertiary/aromatic N) is 3. The van der Waals surface area contributed by atoms with Crippen molar-refractivity contribution in [2.45, 2.75) is 13.0 Å². The van der Waals surface area contributed by atoms with Crippen molar-refractivity contribution in [2.24, 2.45) is 0 Å². The molecule has 2 heterocycles. The molecule has 0 saturated heterocycles. The molecule has 10 heteroatoms. The van der Waals surface area contributed by atoms with Crippen LogP contribution >= 0.6 is 23.2 Å². The van der Waals surface area contributed by atoms with Gasteiger partial charge in [-0.2, -0.15) is 0 Å². The summed E-state index contributed by atoms with van der Waals surface area (Å²) in [4.78, 5) is 38.9. The third-order valence-corrected chi connectivity index (χ3v) is 5.18. The van der Waals surface area contributed by atoms with Gasteiger partial charge in [-0.1, -0.05) is 29.3 Å². The first kappa shape index (κ1) is 19.1. The summed E-state index contributed by atoms with van der Waals surface area (Å²) >= 11 is 11.9. The van der Waals surface area contributed by atoms with Gasteiger partial charge in [-0.25, -0.2) is 0 Å². The summed E-state index contributed by atoms with van der Waals surface area (Å²) in [5, 5.41) is 10.4. The second-order valence-corrected chi connectivity index (χ2v) is 7.10. The van der Waals surface area contributed by atoms with Crippen LogP contribution in [-0.2, 0) is 4.79 Å². The summed E-state index contributed by atoms with van der Waals surface area (Å²) in [6, 6.07) is 8.34. The summed E-state index contributed by atoms with van der Waals surface area (Å²) in [5.74, 6) is -1.46. The number of fused-ring (bicyclic) bond motifs is 1. The van der Waals surface area contributed by atoms with Crippen LogP contribution in [0.2, 0.25) is 10.0 Å². The van der Waals surface area contributed by atoms with Gasteiger partial charge < -0.3 is 9.73 Å². The van der Waals surface area contributed by atoms with E-state index in [4.69, 9.17) is 27.6 Å². The lowest BCUT2D eigenvalue weighted by Crippen LogP contribution is -2.45. The molecule has 0 bridgehead atoms. The van der Waals surface area contributed by atoms with E-state index < -0.39 is 23.8 Å². The summed E-state index contributed by atoms with van der Waals surface area (Å²) in [6.07, 6.45) is 1.20. The minimum atomic E-state index is -1.06. The predicted octanol–water partition coefficient (Wildman–Crippen LogP) is 3.67. The molecule has 1 aromatic heterocycles. The molecular weight excluding hydrogens is 419 g/mol. The van der Waals surface area contributed by atoms with E-state index in [1.807, 2.05) is 0 Å². The van der Waals surface area contributed by atoms with E-state index in [-0.39, 0.29) is 21.2 Å². The maximum atomic E-state index is 12.7. The van der Waals surface area contributed by atoms with Gasteiger partial charge in [-0.15, -0.1) is 10.2 Å². The van der Waals surface area contributed by atoms with Crippen molar-refractivity contribution in [1.82, 2.24) is 15.1 Å². The van der Waals surface area contributed by atoms with Gasteiger partial charge in [0.2, 0.25) is 18.2 Å². The highest BCUT2D eigenvalue weighted by atomic mass is 35.5. The number of halogens is 2. The average molecular weight is 431 g/mol. The number of hydrogen-bond donors (Lipinski definition) is 1. The van der Waals surface area contributed by atoms with Crippen LogP contribution in [0.5, 0.6) is 0 Å². The Kier molecular flexibility index (Phi) is 4.81. The SMILES string of the molecule is CC(C(=O)Nc1cccc(-c2nnco2)c1)N1C(=O)c2cc(Cl)c(Cl)cc2C1=O. The summed E-state index contributed by atoms with van der Waals surface area (Å²) < 4.78 is 5.14. The molecule has 1 unspecified atom stereocenters. The Bertz CT molecular complexity index is 1110. The Hall–Kier alpha value is -3.23. The van der Waals surface area contributed by atoms with E-state index in [0.717, 1.165) is 4.90 Å². The lowest BCUT2D eigenvalue weighted by Gasteiger charge is -2.21. The number of imide groups is 1. The molecule has 8 nitrogen and oxygen atoms in total. The van der Waals surface area contributed by atoms with E-state index in [1.54, 1.807) is 24.3 Å². The Morgan fingerprint density at radius 3 is 2.34 bits per heavy atom. The normalized spacial score (nSPS) is 14.1. The van der Waals surface area contributed by atoms with E-state index in [0.29, 0.717) is 17.1 Å². The molecule has 0 fully saturated rings. The van der Waals surface area contributed by atoms with Crippen LogP contribution < -0.4 is 5.32 Å². The maximum Gasteiger partial charge on any atom is 0.262 e. The van der Waals surface area contributed by atoms with Gasteiger partial charge in [0.1, 0.15) is 6.04 Å². The Balaban J connectivity index is 1.55. The number of anilines is 1. The van der Waals surface area contributed by atoms with Crippen LogP contribution in [0.1, 0.15) is 27.6 Å². The van der Waals surface area contributed by atoms with Gasteiger partial charge in [0, 0.05) is 11.3 Å². The molecule has 0 saturated carbocycles. The molecular formula is C19H12Cl2N4O4. The minimum absolute atomic E-state index is 0.113. The lowest BCUT2D eigenvalue weighted by molar-refractivity contribution is -0.119. The highest BCUT2D eigenvalue weighted by Gasteiger charge is 2.41. The molecule has 146 valence electrons. The molecule has 0 aliphatic carbocycles. The summed E-state index contributed by atoms with van der Waals surface area (Å²) in [5.41, 5.74) is 1.28. The molecule has 1 aliphatic heterocycles. The number of hydrogen-bond acceptors (Lipinski definition) is 6. The van der Waals surface area contributed by atoms with Gasteiger partial charge >= 0.3 is 0 Å². The fourth-order valence-electron chi connectivity index (χ4n) is 3.00. The monoisotopic (exact) mass is 430 g/mol. The van der Waals surface area contributed by atoms with Gasteiger partial charge in [-0.05, 0) is 37.3 Å². The first-order chi connectivity index (χ1) is 13.9. The molecule has 2 aromatic carbocycles. The topological polar surface area (TPSA) is 105 Å². The molecule has 1 aliphatic rings. The fourth-order valence-corrected chi connectivity index (χ4v) is 3.32. The van der Waals surface area contributed by atoms with Crippen LogP contribution in [0.3, 0.4) is 0 Å². The maximum absolute atomic E-state index is 12.7. The first-order valence-corrected chi connectivity index (χ1v) is 9.17. The first-order valence-electron chi connectivity index (χ1n) is 8.41. The van der Waals surface area contributed by atoms with Crippen molar-refractivity contribution >= 4 is 46.6 Å². The minimum Gasteiger partial charge on any atom is -0.423 e. The third-order valence-electron chi connectivity index (χ3n) is 4.46. The number of aromatic nitrogens is 2. The van der Waals surface area contributed by atoms with Crippen molar-refractivity contribution in [3.05, 3.63) is 64.0 Å². The Morgan fingerprint density at radius 2 is 1.76 bits per heavy atom. The van der Waals surface area contributed by atoms with E-state index in [2.05, 4.69) is 15.5 Å². The van der Waals surface area contributed by atoms with Crippen LogP contribution in [0.4, 0.5) is 5.69 Å². The average Bonchev–Trinajstić information content (AvgIpc) is 3.31. The number of benzene rings is 2. The molecule has 1 atom stereocenters. The molecule has 3 amide bonds. The largest absolute Gasteiger partial charge is 0.423 e. The molecule has 0 radical (unpaired) electrons. The highest BCUT2D eigenvalue weighted by molar-refractivity contribution is 6.43. The van der Waals surface area contributed by atoms with Crippen molar-refractivity contribution in [2.75, 3.05) is 5.32 Å². The predicted molar refractivity (Wildman–Crippen MR) is 105 cm³/mol. The molecule has 29 heavy (non-hydrogen) atoms. The van der Waals surface area contributed by atoms with Crippen molar-refractivity contribution in [1.29, 1.82) is 0 Å². The Morgan fingerprint density at radius 1 is 1.10 bits per heavy atom. The Labute approximate surface area is 174 Å². The summed E-state index contributed by atoms with van der Waals surface area (Å²) in [7, 11) is 0. The zero-order valence-electron chi connectivity index (χ0n) is 14.8. The number of carbonyl (C=O) groups excluding carboxylic acids is 3. The van der Waals surface area contributed by atoms with Crippen LogP contribution in [0.15, 0.2) is 47.2 Å². The van der Waals surface area contributed by atoms with Crippen molar-refractivity contribution in [3.8, 4) is 11.5 Å². The number of amides is 3. The van der Waals surface area contributed by atoms with E-state index in [9.17, 15) is 14.4 Å². The van der Waals surface area contributed by atoms with Gasteiger partial charge in [-0.3, -0.25) is 19.3 Å². The zero-order chi connectivity index (χ0) is 20.7. The number of nitrogens with one attached hydrogen (secondary N) is 1. The standard InChI is InChI=1S/C19H12Cl2N4O4/c1-9(25-18(27)12-6-14(20)15(21)7-13(12)19(25)28)16(26)23-11-4-2-3-10(5-11)17-24-22-8-29-17/h2-9H,1H3,(H,23,26). The van der Waals surface area contributed by atoms with Gasteiger partial charge in [0.25, 0.3) is 11.8 Å². The lowest BCUT2D eigenvalue weighted by atomic mass is 10.1. The second-order valence-electron chi connectivity index (χ2n) is 6.28. The number of carbonyl (C=O) groups is 3. The van der Waals surface area contributed by atoms with Crippen LogP contribution in [0, 0.1) is 0 Å². The number of rotatable bonds is 4. The highest BCUT2D eigenvalue weighted by Crippen LogP contribution is 2.32. The van der Waals surface area contributed by atoms with Crippen molar-refractivity contribution < 1.29 is 18.8 Å². The van der Waals surface area contributed by atoms with Crippen LogP contribution in [0.25, 0.3) is 11.5 Å². The molecule has 0 spiro atoms. The van der Waals surface area contributed by atoms with Crippen molar-refractivity contribution in [3.63, 3.8) is 0 Å². The second kappa shape index (κ2) is 7.31. The smallest absolute Gasteiger partial charge is 0.262 e. The molecule has 3 aromatic rings. The van der Waals surface area contributed by atoms with Gasteiger partial charge in [0.05, 0.1) is 21.2 Å². The molecule has 1 N–H and O–H groups in total.